The zero-order valence-electron chi connectivity index (χ0n) is 14.7. The Balaban J connectivity index is 1.73. The normalized spacial score (nSPS) is 12.6. The Labute approximate surface area is 154 Å². The van der Waals surface area contributed by atoms with Gasteiger partial charge in [0.2, 0.25) is 0 Å². The van der Waals surface area contributed by atoms with Gasteiger partial charge in [-0.05, 0) is 31.5 Å². The van der Waals surface area contributed by atoms with Crippen LogP contribution in [0, 0.1) is 6.92 Å². The van der Waals surface area contributed by atoms with Gasteiger partial charge in [-0.3, -0.25) is 4.79 Å². The number of hydrogen-bond acceptors (Lipinski definition) is 3. The van der Waals surface area contributed by atoms with Crippen LogP contribution in [0.2, 0.25) is 0 Å². The van der Waals surface area contributed by atoms with Gasteiger partial charge in [-0.1, -0.05) is 47.1 Å². The van der Waals surface area contributed by atoms with Crippen molar-refractivity contribution in [2.75, 3.05) is 0 Å². The molecule has 0 saturated heterocycles. The molecular formula is C20H17F3N2O2. The molecule has 0 aliphatic heterocycles. The Bertz CT molecular complexity index is 946. The maximum absolute atomic E-state index is 12.8. The summed E-state index contributed by atoms with van der Waals surface area (Å²) in [5, 5.41) is 6.39. The minimum absolute atomic E-state index is 0.0596. The lowest BCUT2D eigenvalue weighted by molar-refractivity contribution is -0.137. The number of rotatable bonds is 4. The van der Waals surface area contributed by atoms with Gasteiger partial charge >= 0.3 is 6.18 Å². The number of alkyl halides is 3. The molecule has 0 bridgehead atoms. The Morgan fingerprint density at radius 3 is 2.48 bits per heavy atom. The van der Waals surface area contributed by atoms with Crippen molar-refractivity contribution >= 4 is 5.91 Å². The monoisotopic (exact) mass is 374 g/mol. The third-order valence-corrected chi connectivity index (χ3v) is 4.14. The van der Waals surface area contributed by atoms with Crippen LogP contribution in [0.5, 0.6) is 0 Å². The predicted molar refractivity (Wildman–Crippen MR) is 94.0 cm³/mol. The van der Waals surface area contributed by atoms with E-state index in [4.69, 9.17) is 4.52 Å². The highest BCUT2D eigenvalue weighted by molar-refractivity contribution is 5.93. The van der Waals surface area contributed by atoms with Crippen molar-refractivity contribution in [1.82, 2.24) is 10.5 Å². The van der Waals surface area contributed by atoms with E-state index in [2.05, 4.69) is 10.5 Å². The number of nitrogens with zero attached hydrogens (tertiary/aromatic N) is 1. The molecule has 7 heteroatoms. The van der Waals surface area contributed by atoms with Crippen LogP contribution in [0.25, 0.3) is 11.3 Å². The van der Waals surface area contributed by atoms with Gasteiger partial charge in [0.15, 0.2) is 11.5 Å². The van der Waals surface area contributed by atoms with Gasteiger partial charge in [0.1, 0.15) is 0 Å². The highest BCUT2D eigenvalue weighted by Crippen LogP contribution is 2.30. The summed E-state index contributed by atoms with van der Waals surface area (Å²) in [7, 11) is 0. The summed E-state index contributed by atoms with van der Waals surface area (Å²) in [5.74, 6) is -0.0890. The zero-order chi connectivity index (χ0) is 19.6. The fourth-order valence-electron chi connectivity index (χ4n) is 2.57. The molecule has 1 amide bonds. The maximum atomic E-state index is 12.8. The van der Waals surface area contributed by atoms with Crippen LogP contribution in [0.1, 0.15) is 40.1 Å². The van der Waals surface area contributed by atoms with Crippen molar-refractivity contribution < 1.29 is 22.5 Å². The fraction of sp³-hybridized carbons (Fsp3) is 0.200. The topological polar surface area (TPSA) is 55.1 Å². The first-order chi connectivity index (χ1) is 12.7. The number of carbonyl (C=O) groups excluding carboxylic acids is 1. The summed E-state index contributed by atoms with van der Waals surface area (Å²) in [6.07, 6.45) is -4.44. The van der Waals surface area contributed by atoms with Gasteiger partial charge in [0, 0.05) is 11.6 Å². The summed E-state index contributed by atoms with van der Waals surface area (Å²) in [4.78, 5) is 12.4. The average molecular weight is 374 g/mol. The molecular weight excluding hydrogens is 357 g/mol. The minimum atomic E-state index is -4.44. The lowest BCUT2D eigenvalue weighted by atomic mass is 10.0. The number of aryl methyl sites for hydroxylation is 1. The summed E-state index contributed by atoms with van der Waals surface area (Å²) in [6.45, 7) is 3.56. The minimum Gasteiger partial charge on any atom is -0.355 e. The largest absolute Gasteiger partial charge is 0.416 e. The second-order valence-corrected chi connectivity index (χ2v) is 6.26. The van der Waals surface area contributed by atoms with E-state index < -0.39 is 23.7 Å². The van der Waals surface area contributed by atoms with Gasteiger partial charge in [0.05, 0.1) is 11.6 Å². The third-order valence-electron chi connectivity index (χ3n) is 4.14. The fourth-order valence-corrected chi connectivity index (χ4v) is 2.57. The molecule has 0 fully saturated rings. The lowest BCUT2D eigenvalue weighted by Crippen LogP contribution is -2.27. The first kappa shape index (κ1) is 18.7. The number of carbonyl (C=O) groups is 1. The Morgan fingerprint density at radius 2 is 1.81 bits per heavy atom. The summed E-state index contributed by atoms with van der Waals surface area (Å²) in [6, 6.07) is 13.2. The van der Waals surface area contributed by atoms with Crippen molar-refractivity contribution in [3.05, 3.63) is 77.0 Å². The van der Waals surface area contributed by atoms with E-state index >= 15 is 0 Å². The Kier molecular flexibility index (Phi) is 5.03. The van der Waals surface area contributed by atoms with E-state index in [9.17, 15) is 18.0 Å². The molecule has 1 heterocycles. The van der Waals surface area contributed by atoms with Crippen LogP contribution in [-0.2, 0) is 6.18 Å². The van der Waals surface area contributed by atoms with E-state index in [0.717, 1.165) is 23.3 Å². The molecule has 0 aliphatic rings. The standard InChI is InChI=1S/C20H17F3N2O2/c1-12-6-8-14(9-7-12)18-11-17(25-27-18)19(26)24-13(2)15-4-3-5-16(10-15)20(21,22)23/h3-11,13H,1-2H3,(H,24,26)/t13-/m0/s1. The molecule has 0 spiro atoms. The number of benzene rings is 2. The smallest absolute Gasteiger partial charge is 0.355 e. The second kappa shape index (κ2) is 7.26. The van der Waals surface area contributed by atoms with E-state index in [-0.39, 0.29) is 5.69 Å². The van der Waals surface area contributed by atoms with Crippen molar-refractivity contribution in [1.29, 1.82) is 0 Å². The molecule has 3 rings (SSSR count). The van der Waals surface area contributed by atoms with Crippen molar-refractivity contribution in [2.45, 2.75) is 26.1 Å². The molecule has 27 heavy (non-hydrogen) atoms. The Morgan fingerprint density at radius 1 is 1.11 bits per heavy atom. The summed E-state index contributed by atoms with van der Waals surface area (Å²) < 4.78 is 43.7. The Hall–Kier alpha value is -3.09. The summed E-state index contributed by atoms with van der Waals surface area (Å²) in [5.41, 5.74) is 1.51. The van der Waals surface area contributed by atoms with E-state index in [1.54, 1.807) is 6.92 Å². The van der Waals surface area contributed by atoms with E-state index in [1.165, 1.54) is 18.2 Å². The van der Waals surface area contributed by atoms with Crippen molar-refractivity contribution in [3.63, 3.8) is 0 Å². The molecule has 0 radical (unpaired) electrons. The number of amides is 1. The SMILES string of the molecule is Cc1ccc(-c2cc(C(=O)N[C@@H](C)c3cccc(C(F)(F)F)c3)no2)cc1. The molecule has 1 atom stereocenters. The molecule has 140 valence electrons. The molecule has 1 N–H and O–H groups in total. The van der Waals surface area contributed by atoms with Gasteiger partial charge in [-0.15, -0.1) is 0 Å². The van der Waals surface area contributed by atoms with Gasteiger partial charge in [-0.2, -0.15) is 13.2 Å². The van der Waals surface area contributed by atoms with Crippen molar-refractivity contribution in [3.8, 4) is 11.3 Å². The number of hydrogen-bond donors (Lipinski definition) is 1. The molecule has 1 aromatic heterocycles. The second-order valence-electron chi connectivity index (χ2n) is 6.26. The molecule has 2 aromatic carbocycles. The molecule has 0 saturated carbocycles. The van der Waals surface area contributed by atoms with Crippen LogP contribution >= 0.6 is 0 Å². The van der Waals surface area contributed by atoms with Crippen molar-refractivity contribution in [2.24, 2.45) is 0 Å². The first-order valence-electron chi connectivity index (χ1n) is 8.26. The lowest BCUT2D eigenvalue weighted by Gasteiger charge is -2.15. The highest BCUT2D eigenvalue weighted by Gasteiger charge is 2.30. The third kappa shape index (κ3) is 4.36. The van der Waals surface area contributed by atoms with Crippen LogP contribution < -0.4 is 5.32 Å². The van der Waals surface area contributed by atoms with Crippen LogP contribution in [-0.4, -0.2) is 11.1 Å². The predicted octanol–water partition coefficient (Wildman–Crippen LogP) is 5.16. The highest BCUT2D eigenvalue weighted by atomic mass is 19.4. The molecule has 3 aromatic rings. The number of aromatic nitrogens is 1. The summed E-state index contributed by atoms with van der Waals surface area (Å²) >= 11 is 0. The average Bonchev–Trinajstić information content (AvgIpc) is 3.12. The number of nitrogens with one attached hydrogen (secondary N) is 1. The number of halogens is 3. The zero-order valence-corrected chi connectivity index (χ0v) is 14.7. The first-order valence-corrected chi connectivity index (χ1v) is 8.26. The molecule has 0 unspecified atom stereocenters. The van der Waals surface area contributed by atoms with Crippen LogP contribution in [0.15, 0.2) is 59.1 Å². The quantitative estimate of drug-likeness (QED) is 0.686. The van der Waals surface area contributed by atoms with Gasteiger partial charge in [0.25, 0.3) is 5.91 Å². The molecule has 4 nitrogen and oxygen atoms in total. The van der Waals surface area contributed by atoms with E-state index in [0.29, 0.717) is 11.3 Å². The maximum Gasteiger partial charge on any atom is 0.416 e. The van der Waals surface area contributed by atoms with Crippen LogP contribution in [0.4, 0.5) is 13.2 Å². The molecule has 0 aliphatic carbocycles. The van der Waals surface area contributed by atoms with Gasteiger partial charge in [-0.25, -0.2) is 0 Å². The van der Waals surface area contributed by atoms with Crippen LogP contribution in [0.3, 0.4) is 0 Å². The van der Waals surface area contributed by atoms with E-state index in [1.807, 2.05) is 31.2 Å². The van der Waals surface area contributed by atoms with Gasteiger partial charge < -0.3 is 9.84 Å².